The maximum atomic E-state index is 10.9. The first-order chi connectivity index (χ1) is 16.7. The molecule has 178 valence electrons. The van der Waals surface area contributed by atoms with Crippen molar-refractivity contribution < 1.29 is 10.2 Å². The second-order valence-electron chi connectivity index (χ2n) is 9.13. The molecule has 3 aliphatic rings. The zero-order valence-electron chi connectivity index (χ0n) is 19.3. The van der Waals surface area contributed by atoms with Gasteiger partial charge in [0, 0.05) is 61.9 Å². The lowest BCUT2D eigenvalue weighted by Crippen LogP contribution is -2.47. The molecule has 9 nitrogen and oxygen atoms in total. The highest BCUT2D eigenvalue weighted by atomic mass is 16.3. The summed E-state index contributed by atoms with van der Waals surface area (Å²) in [6, 6.07) is 10.5. The summed E-state index contributed by atoms with van der Waals surface area (Å²) in [7, 11) is 0. The zero-order chi connectivity index (χ0) is 23.5. The Hall–Kier alpha value is -3.19. The summed E-state index contributed by atoms with van der Waals surface area (Å²) < 4.78 is 0. The molecular formula is C25H31N7O2. The van der Waals surface area contributed by atoms with E-state index in [0.717, 1.165) is 69.7 Å². The Balaban J connectivity index is 1.31. The number of nitrogens with zero attached hydrogens (tertiary/aromatic N) is 6. The summed E-state index contributed by atoms with van der Waals surface area (Å²) >= 11 is 0. The van der Waals surface area contributed by atoms with E-state index in [1.807, 2.05) is 17.0 Å². The molecule has 3 N–H and O–H groups in total. The van der Waals surface area contributed by atoms with Crippen LogP contribution in [0.1, 0.15) is 31.2 Å². The summed E-state index contributed by atoms with van der Waals surface area (Å²) in [6.07, 6.45) is 6.64. The van der Waals surface area contributed by atoms with Crippen molar-refractivity contribution in [3.63, 3.8) is 0 Å². The molecule has 34 heavy (non-hydrogen) atoms. The van der Waals surface area contributed by atoms with Gasteiger partial charge in [-0.1, -0.05) is 12.8 Å². The Bertz CT molecular complexity index is 1070. The van der Waals surface area contributed by atoms with Gasteiger partial charge in [0.15, 0.2) is 6.23 Å². The van der Waals surface area contributed by atoms with E-state index in [0.29, 0.717) is 17.3 Å². The molecule has 3 heterocycles. The number of aliphatic hydroxyl groups excluding tert-OH is 2. The smallest absolute Gasteiger partial charge is 0.229 e. The van der Waals surface area contributed by atoms with Gasteiger partial charge in [-0.05, 0) is 43.2 Å². The van der Waals surface area contributed by atoms with Gasteiger partial charge in [0.05, 0.1) is 18.2 Å². The Morgan fingerprint density at radius 3 is 2.50 bits per heavy atom. The number of β-amino-alcohol motifs (C(OH)–C–C–N with tert-alkyl or cyclic N) is 1. The molecule has 1 aliphatic carbocycles. The van der Waals surface area contributed by atoms with Gasteiger partial charge in [-0.25, -0.2) is 4.98 Å². The van der Waals surface area contributed by atoms with E-state index >= 15 is 0 Å². The maximum absolute atomic E-state index is 10.9. The van der Waals surface area contributed by atoms with Gasteiger partial charge in [-0.3, -0.25) is 4.90 Å². The molecule has 2 aliphatic heterocycles. The molecule has 1 atom stereocenters. The molecule has 9 heteroatoms. The summed E-state index contributed by atoms with van der Waals surface area (Å²) in [4.78, 5) is 15.7. The quantitative estimate of drug-likeness (QED) is 0.597. The summed E-state index contributed by atoms with van der Waals surface area (Å²) in [5.41, 5.74) is 3.15. The lowest BCUT2D eigenvalue weighted by Gasteiger charge is -2.37. The highest BCUT2D eigenvalue weighted by Crippen LogP contribution is 2.37. The number of nitriles is 1. The second kappa shape index (κ2) is 9.97. The lowest BCUT2D eigenvalue weighted by molar-refractivity contribution is 0.189. The van der Waals surface area contributed by atoms with E-state index in [-0.39, 0.29) is 12.6 Å². The van der Waals surface area contributed by atoms with Crippen LogP contribution in [0.4, 0.5) is 23.1 Å². The fraction of sp³-hybridized carbons (Fsp3) is 0.480. The van der Waals surface area contributed by atoms with Crippen LogP contribution in [0.25, 0.3) is 6.08 Å². The van der Waals surface area contributed by atoms with Crippen LogP contribution < -0.4 is 15.1 Å². The highest BCUT2D eigenvalue weighted by Gasteiger charge is 2.35. The van der Waals surface area contributed by atoms with Gasteiger partial charge >= 0.3 is 0 Å². The Labute approximate surface area is 200 Å². The molecule has 2 aromatic rings. The molecule has 1 aromatic heterocycles. The first-order valence-corrected chi connectivity index (χ1v) is 12.1. The maximum Gasteiger partial charge on any atom is 0.229 e. The van der Waals surface area contributed by atoms with Crippen LogP contribution in [-0.4, -0.2) is 76.7 Å². The van der Waals surface area contributed by atoms with E-state index in [9.17, 15) is 10.4 Å². The van der Waals surface area contributed by atoms with Crippen molar-refractivity contribution >= 4 is 29.2 Å². The van der Waals surface area contributed by atoms with Crippen molar-refractivity contribution in [2.45, 2.75) is 38.0 Å². The van der Waals surface area contributed by atoms with Crippen molar-refractivity contribution in [1.29, 1.82) is 5.26 Å². The van der Waals surface area contributed by atoms with Crippen LogP contribution in [-0.2, 0) is 0 Å². The third-order valence-corrected chi connectivity index (χ3v) is 7.02. The minimum Gasteiger partial charge on any atom is -0.395 e. The summed E-state index contributed by atoms with van der Waals surface area (Å²) in [6.45, 7) is 4.73. The van der Waals surface area contributed by atoms with Gasteiger partial charge in [0.25, 0.3) is 0 Å². The van der Waals surface area contributed by atoms with E-state index in [1.165, 1.54) is 5.69 Å². The second-order valence-corrected chi connectivity index (χ2v) is 9.13. The summed E-state index contributed by atoms with van der Waals surface area (Å²) in [5, 5.41) is 32.7. The first-order valence-electron chi connectivity index (χ1n) is 12.1. The molecule has 1 saturated carbocycles. The van der Waals surface area contributed by atoms with Gasteiger partial charge in [0.2, 0.25) is 5.95 Å². The molecule has 0 bridgehead atoms. The van der Waals surface area contributed by atoms with Crippen LogP contribution >= 0.6 is 0 Å². The SMILES string of the molecule is N#CC1=Cc2cnc(Nc3ccc(N4CCN(CCO)CC4)cc3)nc2N(C2CCCC2)C1O. The number of piperazine rings is 1. The number of anilines is 4. The fourth-order valence-electron chi connectivity index (χ4n) is 5.16. The monoisotopic (exact) mass is 461 g/mol. The number of nitrogens with one attached hydrogen (secondary N) is 1. The molecule has 0 amide bonds. The minimum atomic E-state index is -0.972. The van der Waals surface area contributed by atoms with Crippen LogP contribution in [0, 0.1) is 11.3 Å². The molecule has 1 saturated heterocycles. The van der Waals surface area contributed by atoms with Crippen molar-refractivity contribution in [2.24, 2.45) is 0 Å². The third kappa shape index (κ3) is 4.57. The van der Waals surface area contributed by atoms with Crippen LogP contribution in [0.5, 0.6) is 0 Å². The van der Waals surface area contributed by atoms with Crippen molar-refractivity contribution in [3.05, 3.63) is 41.6 Å². The average molecular weight is 462 g/mol. The number of benzene rings is 1. The van der Waals surface area contributed by atoms with E-state index in [2.05, 4.69) is 38.3 Å². The molecule has 5 rings (SSSR count). The Morgan fingerprint density at radius 1 is 1.09 bits per heavy atom. The first kappa shape index (κ1) is 22.6. The van der Waals surface area contributed by atoms with Crippen molar-refractivity contribution in [2.75, 3.05) is 54.4 Å². The number of aliphatic hydroxyl groups is 2. The summed E-state index contributed by atoms with van der Waals surface area (Å²) in [5.74, 6) is 1.14. The van der Waals surface area contributed by atoms with Crippen LogP contribution in [0.3, 0.4) is 0 Å². The van der Waals surface area contributed by atoms with Gasteiger partial charge in [-0.2, -0.15) is 10.2 Å². The minimum absolute atomic E-state index is 0.172. The normalized spacial score (nSPS) is 21.2. The molecule has 0 radical (unpaired) electrons. The largest absolute Gasteiger partial charge is 0.395 e. The number of hydrogen-bond acceptors (Lipinski definition) is 9. The van der Waals surface area contributed by atoms with Gasteiger partial charge in [0.1, 0.15) is 5.82 Å². The molecule has 0 spiro atoms. The average Bonchev–Trinajstić information content (AvgIpc) is 3.39. The fourth-order valence-corrected chi connectivity index (χ4v) is 5.16. The highest BCUT2D eigenvalue weighted by molar-refractivity contribution is 5.74. The van der Waals surface area contributed by atoms with Gasteiger partial charge in [-0.15, -0.1) is 0 Å². The predicted octanol–water partition coefficient (Wildman–Crippen LogP) is 2.32. The molecule has 1 unspecified atom stereocenters. The van der Waals surface area contributed by atoms with Crippen LogP contribution in [0.15, 0.2) is 36.0 Å². The Morgan fingerprint density at radius 2 is 1.82 bits per heavy atom. The predicted molar refractivity (Wildman–Crippen MR) is 132 cm³/mol. The third-order valence-electron chi connectivity index (χ3n) is 7.02. The number of hydrogen-bond donors (Lipinski definition) is 3. The Kier molecular flexibility index (Phi) is 6.63. The van der Waals surface area contributed by atoms with Crippen LogP contribution in [0.2, 0.25) is 0 Å². The van der Waals surface area contributed by atoms with E-state index in [4.69, 9.17) is 10.1 Å². The molecular weight excluding hydrogens is 430 g/mol. The van der Waals surface area contributed by atoms with Crippen molar-refractivity contribution in [1.82, 2.24) is 14.9 Å². The standard InChI is InChI=1S/C25H31N7O2/c26-16-18-15-19-17-27-25(29-23(19)32(24(18)34)22-3-1-2-4-22)28-20-5-7-21(8-6-20)31-11-9-30(10-12-31)13-14-33/h5-8,15,17,22,24,33-34H,1-4,9-14H2,(H,27,28,29). The number of rotatable bonds is 6. The molecule has 1 aromatic carbocycles. The number of aromatic nitrogens is 2. The lowest BCUT2D eigenvalue weighted by atomic mass is 10.0. The van der Waals surface area contributed by atoms with E-state index in [1.54, 1.807) is 12.3 Å². The topological polar surface area (TPSA) is 112 Å². The number of fused-ring (bicyclic) bond motifs is 1. The van der Waals surface area contributed by atoms with Gasteiger partial charge < -0.3 is 25.3 Å². The van der Waals surface area contributed by atoms with Crippen molar-refractivity contribution in [3.8, 4) is 6.07 Å². The van der Waals surface area contributed by atoms with E-state index < -0.39 is 6.23 Å². The molecule has 2 fully saturated rings. The zero-order valence-corrected chi connectivity index (χ0v) is 19.3.